The fourth-order valence-corrected chi connectivity index (χ4v) is 3.13. The molecule has 0 fully saturated rings. The van der Waals surface area contributed by atoms with Crippen molar-refractivity contribution >= 4 is 28.5 Å². The summed E-state index contributed by atoms with van der Waals surface area (Å²) < 4.78 is 11.7. The summed E-state index contributed by atoms with van der Waals surface area (Å²) >= 11 is 2.22. The third-order valence-electron chi connectivity index (χ3n) is 3.39. The van der Waals surface area contributed by atoms with Crippen LogP contribution in [0.1, 0.15) is 18.9 Å². The van der Waals surface area contributed by atoms with Crippen LogP contribution in [0.15, 0.2) is 27.9 Å². The van der Waals surface area contributed by atoms with E-state index < -0.39 is 0 Å². The molecule has 1 amide bonds. The Bertz CT molecular complexity index is 542. The van der Waals surface area contributed by atoms with E-state index in [4.69, 9.17) is 9.47 Å². The number of amides is 1. The largest absolute Gasteiger partial charge is 0.497 e. The van der Waals surface area contributed by atoms with Crippen LogP contribution in [0.3, 0.4) is 0 Å². The summed E-state index contributed by atoms with van der Waals surface area (Å²) in [6.45, 7) is 2.58. The quantitative estimate of drug-likeness (QED) is 0.746. The molecule has 1 aliphatic rings. The molecule has 1 aliphatic heterocycles. The molecule has 0 saturated heterocycles. The Balaban J connectivity index is 2.23. The Morgan fingerprint density at radius 2 is 2.10 bits per heavy atom. The van der Waals surface area contributed by atoms with E-state index in [2.05, 4.69) is 28.7 Å². The average Bonchev–Trinajstić information content (AvgIpc) is 2.42. The first kappa shape index (κ1) is 15.2. The second kappa shape index (κ2) is 6.47. The fraction of sp³-hybridized carbons (Fsp3) is 0.400. The summed E-state index contributed by atoms with van der Waals surface area (Å²) in [5.41, 5.74) is 0.985. The summed E-state index contributed by atoms with van der Waals surface area (Å²) in [6, 6.07) is 5.78. The summed E-state index contributed by atoms with van der Waals surface area (Å²) in [5.74, 6) is 1.65. The first-order chi connectivity index (χ1) is 9.55. The highest BCUT2D eigenvalue weighted by molar-refractivity contribution is 14.1. The van der Waals surface area contributed by atoms with Crippen molar-refractivity contribution in [3.63, 3.8) is 0 Å². The lowest BCUT2D eigenvalue weighted by Crippen LogP contribution is -2.39. The number of halogens is 1. The number of hydrogen-bond acceptors (Lipinski definition) is 3. The minimum Gasteiger partial charge on any atom is -0.497 e. The molecule has 1 aromatic carbocycles. The Kier molecular flexibility index (Phi) is 4.91. The third kappa shape index (κ3) is 3.26. The number of carbonyl (C=O) groups is 1. The highest BCUT2D eigenvalue weighted by Gasteiger charge is 2.25. The SMILES string of the molecule is COc1ccc(CN2C(=O)CC(I)=C[C@@H]2C)c(OC)c1. The Labute approximate surface area is 132 Å². The molecule has 0 bridgehead atoms. The van der Waals surface area contributed by atoms with Gasteiger partial charge in [-0.25, -0.2) is 0 Å². The van der Waals surface area contributed by atoms with Crippen LogP contribution in [-0.2, 0) is 11.3 Å². The number of rotatable bonds is 4. The molecule has 0 aromatic heterocycles. The number of ether oxygens (including phenoxy) is 2. The van der Waals surface area contributed by atoms with Gasteiger partial charge in [-0.15, -0.1) is 0 Å². The van der Waals surface area contributed by atoms with Crippen molar-refractivity contribution in [1.82, 2.24) is 4.90 Å². The molecule has 1 aromatic rings. The van der Waals surface area contributed by atoms with Crippen LogP contribution in [0.2, 0.25) is 0 Å². The van der Waals surface area contributed by atoms with Crippen LogP contribution in [0, 0.1) is 0 Å². The Morgan fingerprint density at radius 3 is 2.70 bits per heavy atom. The van der Waals surface area contributed by atoms with Crippen molar-refractivity contribution in [3.8, 4) is 11.5 Å². The van der Waals surface area contributed by atoms with Gasteiger partial charge in [0.15, 0.2) is 0 Å². The molecule has 0 N–H and O–H groups in total. The van der Waals surface area contributed by atoms with E-state index in [1.54, 1.807) is 14.2 Å². The zero-order chi connectivity index (χ0) is 14.7. The monoisotopic (exact) mass is 387 g/mol. The lowest BCUT2D eigenvalue weighted by molar-refractivity contribution is -0.132. The van der Waals surface area contributed by atoms with Crippen molar-refractivity contribution in [2.75, 3.05) is 14.2 Å². The van der Waals surface area contributed by atoms with E-state index in [-0.39, 0.29) is 11.9 Å². The van der Waals surface area contributed by atoms with Gasteiger partial charge in [-0.05, 0) is 45.2 Å². The van der Waals surface area contributed by atoms with Crippen LogP contribution >= 0.6 is 22.6 Å². The van der Waals surface area contributed by atoms with E-state index in [1.165, 1.54) is 0 Å². The van der Waals surface area contributed by atoms with Gasteiger partial charge in [0, 0.05) is 24.2 Å². The molecule has 20 heavy (non-hydrogen) atoms. The zero-order valence-electron chi connectivity index (χ0n) is 11.9. The van der Waals surface area contributed by atoms with Gasteiger partial charge < -0.3 is 14.4 Å². The van der Waals surface area contributed by atoms with Gasteiger partial charge in [-0.2, -0.15) is 0 Å². The summed E-state index contributed by atoms with van der Waals surface area (Å²) in [7, 11) is 3.25. The van der Waals surface area contributed by atoms with Gasteiger partial charge in [0.25, 0.3) is 0 Å². The number of methoxy groups -OCH3 is 2. The van der Waals surface area contributed by atoms with Gasteiger partial charge in [0.1, 0.15) is 11.5 Å². The number of hydrogen-bond donors (Lipinski definition) is 0. The van der Waals surface area contributed by atoms with Crippen molar-refractivity contribution in [2.45, 2.75) is 25.9 Å². The van der Waals surface area contributed by atoms with E-state index >= 15 is 0 Å². The van der Waals surface area contributed by atoms with Crippen LogP contribution in [0.4, 0.5) is 0 Å². The topological polar surface area (TPSA) is 38.8 Å². The van der Waals surface area contributed by atoms with Gasteiger partial charge in [-0.3, -0.25) is 4.79 Å². The van der Waals surface area contributed by atoms with Crippen LogP contribution in [-0.4, -0.2) is 31.1 Å². The Morgan fingerprint density at radius 1 is 1.35 bits per heavy atom. The predicted octanol–water partition coefficient (Wildman–Crippen LogP) is 3.14. The molecular formula is C15H18INO3. The third-order valence-corrected chi connectivity index (χ3v) is 4.13. The second-order valence-electron chi connectivity index (χ2n) is 4.73. The van der Waals surface area contributed by atoms with Gasteiger partial charge in [0.2, 0.25) is 5.91 Å². The van der Waals surface area contributed by atoms with Crippen LogP contribution in [0.5, 0.6) is 11.5 Å². The zero-order valence-corrected chi connectivity index (χ0v) is 14.0. The predicted molar refractivity (Wildman–Crippen MR) is 86.3 cm³/mol. The molecule has 108 valence electrons. The molecule has 0 radical (unpaired) electrons. The molecule has 0 saturated carbocycles. The van der Waals surface area contributed by atoms with E-state index in [0.717, 1.165) is 20.6 Å². The average molecular weight is 387 g/mol. The molecule has 5 heteroatoms. The van der Waals surface area contributed by atoms with Crippen molar-refractivity contribution in [1.29, 1.82) is 0 Å². The molecule has 1 heterocycles. The molecule has 0 spiro atoms. The van der Waals surface area contributed by atoms with Gasteiger partial charge in [0.05, 0.1) is 20.6 Å². The lowest BCUT2D eigenvalue weighted by atomic mass is 10.1. The van der Waals surface area contributed by atoms with Crippen molar-refractivity contribution in [2.24, 2.45) is 0 Å². The molecular weight excluding hydrogens is 369 g/mol. The summed E-state index contributed by atoms with van der Waals surface area (Å²) in [6.07, 6.45) is 2.61. The van der Waals surface area contributed by atoms with Gasteiger partial charge >= 0.3 is 0 Å². The maximum Gasteiger partial charge on any atom is 0.228 e. The minimum absolute atomic E-state index is 0.106. The second-order valence-corrected chi connectivity index (χ2v) is 6.12. The molecule has 1 atom stereocenters. The summed E-state index contributed by atoms with van der Waals surface area (Å²) in [5, 5.41) is 0. The van der Waals surface area contributed by atoms with E-state index in [9.17, 15) is 4.79 Å². The van der Waals surface area contributed by atoms with Gasteiger partial charge in [-0.1, -0.05) is 6.08 Å². The highest BCUT2D eigenvalue weighted by atomic mass is 127. The highest BCUT2D eigenvalue weighted by Crippen LogP contribution is 2.29. The van der Waals surface area contributed by atoms with Crippen molar-refractivity contribution < 1.29 is 14.3 Å². The lowest BCUT2D eigenvalue weighted by Gasteiger charge is -2.31. The Hall–Kier alpha value is -1.24. The summed E-state index contributed by atoms with van der Waals surface area (Å²) in [4.78, 5) is 14.0. The maximum absolute atomic E-state index is 12.2. The van der Waals surface area contributed by atoms with E-state index in [0.29, 0.717) is 13.0 Å². The smallest absolute Gasteiger partial charge is 0.228 e. The molecule has 4 nitrogen and oxygen atoms in total. The first-order valence-corrected chi connectivity index (χ1v) is 7.49. The number of benzene rings is 1. The van der Waals surface area contributed by atoms with Crippen molar-refractivity contribution in [3.05, 3.63) is 33.4 Å². The molecule has 0 unspecified atom stereocenters. The standard InChI is InChI=1S/C15H18INO3/c1-10-6-12(16)7-15(18)17(10)9-11-4-5-13(19-2)8-14(11)20-3/h4-6,8,10H,7,9H2,1-3H3/t10-/m0/s1. The van der Waals surface area contributed by atoms with Crippen LogP contribution in [0.25, 0.3) is 0 Å². The fourth-order valence-electron chi connectivity index (χ4n) is 2.28. The van der Waals surface area contributed by atoms with E-state index in [1.807, 2.05) is 30.0 Å². The van der Waals surface area contributed by atoms with Crippen LogP contribution < -0.4 is 9.47 Å². The number of carbonyl (C=O) groups excluding carboxylic acids is 1. The molecule has 0 aliphatic carbocycles. The maximum atomic E-state index is 12.2. The molecule has 2 rings (SSSR count). The minimum atomic E-state index is 0.106. The normalized spacial score (nSPS) is 18.8. The number of nitrogens with zero attached hydrogens (tertiary/aromatic N) is 1. The first-order valence-electron chi connectivity index (χ1n) is 6.41.